The second-order valence-electron chi connectivity index (χ2n) is 11.0. The molecule has 2 atom stereocenters. The second-order valence-corrected chi connectivity index (χ2v) is 11.0. The molecule has 5 aromatic carbocycles. The summed E-state index contributed by atoms with van der Waals surface area (Å²) in [6.07, 6.45) is 2.27. The average molecular weight is 561 g/mol. The first-order chi connectivity index (χ1) is 21.3. The number of hydrogen-bond donors (Lipinski definition) is 4. The van der Waals surface area contributed by atoms with Gasteiger partial charge in [0.2, 0.25) is 0 Å². The maximum atomic E-state index is 4.56. The van der Waals surface area contributed by atoms with Crippen molar-refractivity contribution >= 4 is 33.3 Å². The fourth-order valence-corrected chi connectivity index (χ4v) is 6.26. The van der Waals surface area contributed by atoms with Crippen LogP contribution in [0.3, 0.4) is 0 Å². The van der Waals surface area contributed by atoms with E-state index in [1.807, 2.05) is 0 Å². The van der Waals surface area contributed by atoms with E-state index in [9.17, 15) is 0 Å². The van der Waals surface area contributed by atoms with Gasteiger partial charge in [0.05, 0.1) is 30.4 Å². The Kier molecular flexibility index (Phi) is 6.48. The van der Waals surface area contributed by atoms with E-state index in [1.165, 1.54) is 32.9 Å². The van der Waals surface area contributed by atoms with Crippen molar-refractivity contribution in [1.29, 1.82) is 0 Å². The molecule has 0 saturated heterocycles. The third-order valence-electron chi connectivity index (χ3n) is 8.40. The number of rotatable bonds is 5. The molecule has 2 aliphatic rings. The molecule has 0 amide bonds. The summed E-state index contributed by atoms with van der Waals surface area (Å²) in [7, 11) is 0. The monoisotopic (exact) mass is 560 g/mol. The minimum absolute atomic E-state index is 0.0293. The number of hydrogen-bond acceptors (Lipinski definition) is 5. The Bertz CT molecular complexity index is 1920. The van der Waals surface area contributed by atoms with Crippen LogP contribution < -0.4 is 21.3 Å². The summed E-state index contributed by atoms with van der Waals surface area (Å²) in [6.45, 7) is 1.37. The minimum Gasteiger partial charge on any atom is -0.366 e. The quantitative estimate of drug-likeness (QED) is 0.192. The van der Waals surface area contributed by atoms with Crippen LogP contribution in [0.2, 0.25) is 0 Å². The fourth-order valence-electron chi connectivity index (χ4n) is 6.26. The molecular weight excluding hydrogens is 528 g/mol. The molecule has 0 aliphatic carbocycles. The number of aliphatic imine (C=N–C) groups is 1. The third kappa shape index (κ3) is 4.77. The van der Waals surface area contributed by atoms with Gasteiger partial charge in [-0.25, -0.2) is 0 Å². The van der Waals surface area contributed by atoms with Gasteiger partial charge in [-0.05, 0) is 47.0 Å². The third-order valence-corrected chi connectivity index (χ3v) is 8.40. The maximum absolute atomic E-state index is 4.56. The molecule has 6 nitrogen and oxygen atoms in total. The molecule has 6 aromatic rings. The van der Waals surface area contributed by atoms with Gasteiger partial charge in [-0.15, -0.1) is 0 Å². The van der Waals surface area contributed by atoms with Crippen LogP contribution in [0.25, 0.3) is 33.2 Å². The van der Waals surface area contributed by atoms with Crippen molar-refractivity contribution in [3.63, 3.8) is 0 Å². The molecule has 4 N–H and O–H groups in total. The van der Waals surface area contributed by atoms with Crippen molar-refractivity contribution < 1.29 is 0 Å². The molecular formula is C37H32N6. The zero-order valence-electron chi connectivity index (χ0n) is 23.7. The molecule has 0 radical (unpaired) electrons. The van der Waals surface area contributed by atoms with Gasteiger partial charge in [-0.3, -0.25) is 15.6 Å². The van der Waals surface area contributed by atoms with Crippen molar-refractivity contribution in [2.45, 2.75) is 12.2 Å². The van der Waals surface area contributed by atoms with Gasteiger partial charge in [-0.1, -0.05) is 103 Å². The summed E-state index contributed by atoms with van der Waals surface area (Å²) in [4.78, 5) is 4.56. The lowest BCUT2D eigenvalue weighted by Crippen LogP contribution is -2.40. The highest BCUT2D eigenvalue weighted by Gasteiger charge is 2.24. The lowest BCUT2D eigenvalue weighted by molar-refractivity contribution is 0.442. The predicted molar refractivity (Wildman–Crippen MR) is 176 cm³/mol. The van der Waals surface area contributed by atoms with Crippen LogP contribution in [0.1, 0.15) is 34.5 Å². The number of fused-ring (bicyclic) bond motifs is 3. The highest BCUT2D eigenvalue weighted by molar-refractivity contribution is 6.09. The van der Waals surface area contributed by atoms with Crippen LogP contribution in [0, 0.1) is 0 Å². The van der Waals surface area contributed by atoms with E-state index in [4.69, 9.17) is 0 Å². The Balaban J connectivity index is 1.15. The van der Waals surface area contributed by atoms with Crippen LogP contribution in [0.5, 0.6) is 0 Å². The summed E-state index contributed by atoms with van der Waals surface area (Å²) in [5, 5.41) is 16.6. The molecule has 2 unspecified atom stereocenters. The highest BCUT2D eigenvalue weighted by atomic mass is 15.2. The van der Waals surface area contributed by atoms with Gasteiger partial charge in [0.15, 0.2) is 0 Å². The van der Waals surface area contributed by atoms with Crippen molar-refractivity contribution in [2.24, 2.45) is 4.99 Å². The Labute approximate surface area is 250 Å². The topological polar surface area (TPSA) is 65.4 Å². The Morgan fingerprint density at radius 1 is 0.628 bits per heavy atom. The normalized spacial score (nSPS) is 18.5. The number of benzene rings is 5. The van der Waals surface area contributed by atoms with E-state index in [1.54, 1.807) is 0 Å². The summed E-state index contributed by atoms with van der Waals surface area (Å²) >= 11 is 0. The van der Waals surface area contributed by atoms with E-state index in [-0.39, 0.29) is 12.2 Å². The molecule has 8 rings (SSSR count). The molecule has 6 heteroatoms. The molecule has 0 fully saturated rings. The average Bonchev–Trinajstić information content (AvgIpc) is 3.43. The van der Waals surface area contributed by atoms with Crippen LogP contribution in [-0.2, 0) is 0 Å². The molecule has 0 saturated carbocycles. The van der Waals surface area contributed by atoms with E-state index < -0.39 is 0 Å². The first kappa shape index (κ1) is 25.5. The summed E-state index contributed by atoms with van der Waals surface area (Å²) in [5.41, 5.74) is 9.36. The number of nitrogens with one attached hydrogen (secondary N) is 4. The largest absolute Gasteiger partial charge is 0.366 e. The fraction of sp³-hybridized carbons (Fsp3) is 0.108. The van der Waals surface area contributed by atoms with Gasteiger partial charge < -0.3 is 15.2 Å². The summed E-state index contributed by atoms with van der Waals surface area (Å²) in [6, 6.07) is 45.5. The zero-order valence-corrected chi connectivity index (χ0v) is 23.7. The first-order valence-electron chi connectivity index (χ1n) is 14.8. The predicted octanol–water partition coefficient (Wildman–Crippen LogP) is 6.61. The Hall–Kier alpha value is -5.17. The van der Waals surface area contributed by atoms with Gasteiger partial charge in [-0.2, -0.15) is 0 Å². The lowest BCUT2D eigenvalue weighted by Gasteiger charge is -2.33. The Morgan fingerprint density at radius 3 is 1.95 bits per heavy atom. The Morgan fingerprint density at radius 2 is 1.28 bits per heavy atom. The van der Waals surface area contributed by atoms with Crippen molar-refractivity contribution in [3.05, 3.63) is 156 Å². The zero-order chi connectivity index (χ0) is 28.6. The van der Waals surface area contributed by atoms with E-state index in [0.29, 0.717) is 6.67 Å². The lowest BCUT2D eigenvalue weighted by atomic mass is 9.97. The minimum atomic E-state index is -0.0293. The molecule has 0 bridgehead atoms. The van der Waals surface area contributed by atoms with Crippen LogP contribution in [-0.4, -0.2) is 23.7 Å². The van der Waals surface area contributed by atoms with Crippen LogP contribution >= 0.6 is 0 Å². The SMILES string of the molecule is C1=C(c2ccc(C3=NCNCN3)cc2)NC(c2ccccc2)NC1c1ccc(-n2c3ccccc3c3ccccc32)cc1. The van der Waals surface area contributed by atoms with Gasteiger partial charge in [0.1, 0.15) is 12.0 Å². The van der Waals surface area contributed by atoms with Gasteiger partial charge in [0.25, 0.3) is 0 Å². The summed E-state index contributed by atoms with van der Waals surface area (Å²) < 4.78 is 2.36. The molecule has 1 aromatic heterocycles. The standard InChI is InChI=1S/C37H32N6/c1-2-8-27(9-3-1)37-41-32(25-14-16-28(17-15-25)36-39-23-38-24-40-36)22-33(42-37)26-18-20-29(21-19-26)43-34-12-6-4-10-30(34)31-11-5-7-13-35(31)43/h1-22,33,37-38,41-42H,23-24H2,(H,39,40). The van der Waals surface area contributed by atoms with E-state index >= 15 is 0 Å². The van der Waals surface area contributed by atoms with Crippen LogP contribution in [0.4, 0.5) is 0 Å². The van der Waals surface area contributed by atoms with Crippen molar-refractivity contribution in [1.82, 2.24) is 25.8 Å². The first-order valence-corrected chi connectivity index (χ1v) is 14.8. The smallest absolute Gasteiger partial charge is 0.130 e. The van der Waals surface area contributed by atoms with Crippen molar-refractivity contribution in [3.8, 4) is 5.69 Å². The second kappa shape index (κ2) is 10.9. The molecule has 210 valence electrons. The van der Waals surface area contributed by atoms with E-state index in [2.05, 4.69) is 164 Å². The van der Waals surface area contributed by atoms with Crippen molar-refractivity contribution in [2.75, 3.05) is 13.3 Å². The highest BCUT2D eigenvalue weighted by Crippen LogP contribution is 2.34. The van der Waals surface area contributed by atoms with Gasteiger partial charge >= 0.3 is 0 Å². The number of amidine groups is 1. The maximum Gasteiger partial charge on any atom is 0.130 e. The molecule has 3 heterocycles. The van der Waals surface area contributed by atoms with Gasteiger partial charge in [0, 0.05) is 27.7 Å². The molecule has 2 aliphatic heterocycles. The van der Waals surface area contributed by atoms with E-state index in [0.717, 1.165) is 35.0 Å². The molecule has 0 spiro atoms. The summed E-state index contributed by atoms with van der Waals surface area (Å²) in [5.74, 6) is 0.931. The molecule has 43 heavy (non-hydrogen) atoms. The number of para-hydroxylation sites is 2. The number of nitrogens with zero attached hydrogens (tertiary/aromatic N) is 2. The van der Waals surface area contributed by atoms with Crippen LogP contribution in [0.15, 0.2) is 138 Å². The number of aromatic nitrogens is 1.